The van der Waals surface area contributed by atoms with Crippen LogP contribution in [0.2, 0.25) is 0 Å². The third-order valence-electron chi connectivity index (χ3n) is 7.94. The molecule has 3 aliphatic rings. The van der Waals surface area contributed by atoms with Crippen molar-refractivity contribution in [3.63, 3.8) is 0 Å². The predicted octanol–water partition coefficient (Wildman–Crippen LogP) is 6.32. The zero-order chi connectivity index (χ0) is 22.3. The summed E-state index contributed by atoms with van der Waals surface area (Å²) in [5.74, 6) is 2.35. The van der Waals surface area contributed by atoms with E-state index in [1.165, 1.54) is 35.4 Å². The van der Waals surface area contributed by atoms with Crippen LogP contribution >= 0.6 is 0 Å². The molecule has 0 radical (unpaired) electrons. The fourth-order valence-electron chi connectivity index (χ4n) is 6.42. The Labute approximate surface area is 187 Å². The van der Waals surface area contributed by atoms with Crippen molar-refractivity contribution < 1.29 is 18.6 Å². The molecule has 6 heteroatoms. The number of phenols is 1. The summed E-state index contributed by atoms with van der Waals surface area (Å²) in [6, 6.07) is 12.3. The third kappa shape index (κ3) is 3.80. The lowest BCUT2D eigenvalue weighted by Gasteiger charge is -2.49. The SMILES string of the molecule is C[C@@]12CC[C@H]3c4ccc(O)cc4CC[C@@H]3[C@@H]1CC/C2=N/N=C\c1ccc(OC(F)F)cc1. The minimum absolute atomic E-state index is 0.0852. The number of fused-ring (bicyclic) bond motifs is 5. The molecular weight excluding hydrogens is 410 g/mol. The first-order valence-electron chi connectivity index (χ1n) is 11.4. The highest BCUT2D eigenvalue weighted by Crippen LogP contribution is 2.60. The minimum atomic E-state index is -2.82. The van der Waals surface area contributed by atoms with Crippen molar-refractivity contribution in [2.75, 3.05) is 0 Å². The molecule has 2 aromatic carbocycles. The topological polar surface area (TPSA) is 54.2 Å². The number of hydrogen-bond donors (Lipinski definition) is 1. The molecule has 0 aliphatic heterocycles. The molecule has 3 aliphatic carbocycles. The van der Waals surface area contributed by atoms with Crippen molar-refractivity contribution in [2.45, 2.75) is 58.0 Å². The van der Waals surface area contributed by atoms with Gasteiger partial charge in [-0.15, -0.1) is 0 Å². The molecule has 2 fully saturated rings. The Morgan fingerprint density at radius 2 is 1.91 bits per heavy atom. The smallest absolute Gasteiger partial charge is 0.387 e. The second kappa shape index (κ2) is 8.30. The van der Waals surface area contributed by atoms with Crippen molar-refractivity contribution in [3.05, 3.63) is 59.2 Å². The molecular formula is C26H28F2N2O2. The molecule has 2 aromatic rings. The summed E-state index contributed by atoms with van der Waals surface area (Å²) >= 11 is 0. The maximum absolute atomic E-state index is 12.3. The van der Waals surface area contributed by atoms with E-state index in [0.29, 0.717) is 23.5 Å². The van der Waals surface area contributed by atoms with Crippen LogP contribution in [-0.2, 0) is 6.42 Å². The third-order valence-corrected chi connectivity index (χ3v) is 7.94. The number of hydrogen-bond acceptors (Lipinski definition) is 4. The Hall–Kier alpha value is -2.76. The summed E-state index contributed by atoms with van der Waals surface area (Å²) in [6.45, 7) is -0.463. The molecule has 1 N–H and O–H groups in total. The fraction of sp³-hybridized carbons (Fsp3) is 0.462. The molecule has 0 heterocycles. The molecule has 0 aromatic heterocycles. The zero-order valence-electron chi connectivity index (χ0n) is 18.2. The van der Waals surface area contributed by atoms with Crippen LogP contribution in [0.4, 0.5) is 8.78 Å². The number of rotatable bonds is 4. The number of halogens is 2. The van der Waals surface area contributed by atoms with Gasteiger partial charge in [-0.2, -0.15) is 19.0 Å². The van der Waals surface area contributed by atoms with E-state index in [9.17, 15) is 13.9 Å². The van der Waals surface area contributed by atoms with E-state index in [-0.39, 0.29) is 11.2 Å². The lowest BCUT2D eigenvalue weighted by atomic mass is 9.55. The van der Waals surface area contributed by atoms with Gasteiger partial charge in [0.1, 0.15) is 11.5 Å². The van der Waals surface area contributed by atoms with Gasteiger partial charge in [-0.3, -0.25) is 0 Å². The summed E-state index contributed by atoms with van der Waals surface area (Å²) in [5.41, 5.74) is 4.82. The largest absolute Gasteiger partial charge is 0.508 e. The zero-order valence-corrected chi connectivity index (χ0v) is 18.2. The molecule has 0 amide bonds. The summed E-state index contributed by atoms with van der Waals surface area (Å²) < 4.78 is 29.0. The van der Waals surface area contributed by atoms with Gasteiger partial charge in [0, 0.05) is 11.1 Å². The van der Waals surface area contributed by atoms with E-state index in [1.807, 2.05) is 12.1 Å². The number of phenolic OH excluding ortho intramolecular Hbond substituents is 1. The number of benzene rings is 2. The molecule has 0 spiro atoms. The van der Waals surface area contributed by atoms with Crippen LogP contribution in [0.1, 0.15) is 61.6 Å². The maximum atomic E-state index is 12.3. The Kier molecular flexibility index (Phi) is 5.48. The lowest BCUT2D eigenvalue weighted by Crippen LogP contribution is -2.42. The van der Waals surface area contributed by atoms with Crippen LogP contribution in [0.15, 0.2) is 52.7 Å². The van der Waals surface area contributed by atoms with Gasteiger partial charge in [0.15, 0.2) is 0 Å². The molecule has 2 saturated carbocycles. The average molecular weight is 439 g/mol. The first-order valence-corrected chi connectivity index (χ1v) is 11.4. The molecule has 0 saturated heterocycles. The van der Waals surface area contributed by atoms with Gasteiger partial charge in [0.05, 0.1) is 6.21 Å². The molecule has 4 nitrogen and oxygen atoms in total. The van der Waals surface area contributed by atoms with Gasteiger partial charge >= 0.3 is 6.61 Å². The standard InChI is InChI=1S/C26H28F2N2O2/c1-26-13-12-21-20-9-5-18(31)14-17(20)4-8-22(21)23(26)10-11-24(26)30-29-15-16-2-6-19(7-3-16)32-25(27)28/h2-3,5-7,9,14-15,21-23,25,31H,4,8,10-13H2,1H3/b29-15-,30-24-/t21-,22-,23-,26+/m0/s1. The average Bonchev–Trinajstić information content (AvgIpc) is 3.10. The molecule has 5 rings (SSSR count). The number of alkyl halides is 2. The van der Waals surface area contributed by atoms with Crippen LogP contribution in [0.5, 0.6) is 11.5 Å². The predicted molar refractivity (Wildman–Crippen MR) is 121 cm³/mol. The van der Waals surface area contributed by atoms with Crippen molar-refractivity contribution in [1.82, 2.24) is 0 Å². The molecule has 0 unspecified atom stereocenters. The van der Waals surface area contributed by atoms with Crippen molar-refractivity contribution in [2.24, 2.45) is 27.5 Å². The summed E-state index contributed by atoms with van der Waals surface area (Å²) in [7, 11) is 0. The van der Waals surface area contributed by atoms with Gasteiger partial charge in [-0.05, 0) is 109 Å². The van der Waals surface area contributed by atoms with E-state index in [0.717, 1.165) is 37.7 Å². The van der Waals surface area contributed by atoms with Gasteiger partial charge in [0.2, 0.25) is 0 Å². The van der Waals surface area contributed by atoms with E-state index < -0.39 is 6.61 Å². The highest BCUT2D eigenvalue weighted by Gasteiger charge is 2.53. The molecule has 168 valence electrons. The minimum Gasteiger partial charge on any atom is -0.508 e. The van der Waals surface area contributed by atoms with E-state index >= 15 is 0 Å². The number of aromatic hydroxyl groups is 1. The maximum Gasteiger partial charge on any atom is 0.387 e. The second-order valence-corrected chi connectivity index (χ2v) is 9.53. The second-order valence-electron chi connectivity index (χ2n) is 9.53. The lowest BCUT2D eigenvalue weighted by molar-refractivity contribution is -0.0498. The quantitative estimate of drug-likeness (QED) is 0.448. The van der Waals surface area contributed by atoms with Crippen LogP contribution in [0.3, 0.4) is 0 Å². The normalized spacial score (nSPS) is 30.4. The Morgan fingerprint density at radius 1 is 1.09 bits per heavy atom. The van der Waals surface area contributed by atoms with Gasteiger partial charge in [-0.25, -0.2) is 0 Å². The van der Waals surface area contributed by atoms with E-state index in [2.05, 4.69) is 27.9 Å². The monoisotopic (exact) mass is 438 g/mol. The highest BCUT2D eigenvalue weighted by molar-refractivity contribution is 5.93. The summed E-state index contributed by atoms with van der Waals surface area (Å²) in [5, 5.41) is 18.8. The van der Waals surface area contributed by atoms with Crippen molar-refractivity contribution in [3.8, 4) is 11.5 Å². The first-order chi connectivity index (χ1) is 15.4. The number of nitrogens with zero attached hydrogens (tertiary/aromatic N) is 2. The fourth-order valence-corrected chi connectivity index (χ4v) is 6.42. The van der Waals surface area contributed by atoms with Crippen LogP contribution < -0.4 is 4.74 Å². The van der Waals surface area contributed by atoms with E-state index in [4.69, 9.17) is 0 Å². The summed E-state index contributed by atoms with van der Waals surface area (Å²) in [6.07, 6.45) is 8.25. The Bertz CT molecular complexity index is 1050. The van der Waals surface area contributed by atoms with Gasteiger partial charge in [-0.1, -0.05) is 13.0 Å². The molecule has 0 bridgehead atoms. The molecule has 4 atom stereocenters. The Morgan fingerprint density at radius 3 is 2.69 bits per heavy atom. The number of aryl methyl sites for hydroxylation is 1. The van der Waals surface area contributed by atoms with Gasteiger partial charge in [0.25, 0.3) is 0 Å². The van der Waals surface area contributed by atoms with Crippen molar-refractivity contribution >= 4 is 11.9 Å². The molecule has 32 heavy (non-hydrogen) atoms. The highest BCUT2D eigenvalue weighted by atomic mass is 19.3. The van der Waals surface area contributed by atoms with Crippen LogP contribution in [-0.4, -0.2) is 23.6 Å². The van der Waals surface area contributed by atoms with E-state index in [1.54, 1.807) is 18.3 Å². The Balaban J connectivity index is 1.31. The van der Waals surface area contributed by atoms with Crippen LogP contribution in [0.25, 0.3) is 0 Å². The van der Waals surface area contributed by atoms with Crippen LogP contribution in [0, 0.1) is 17.3 Å². The first kappa shape index (κ1) is 21.1. The summed E-state index contributed by atoms with van der Waals surface area (Å²) in [4.78, 5) is 0. The van der Waals surface area contributed by atoms with Crippen molar-refractivity contribution in [1.29, 1.82) is 0 Å². The number of ether oxygens (including phenoxy) is 1. The van der Waals surface area contributed by atoms with Gasteiger partial charge < -0.3 is 9.84 Å².